The van der Waals surface area contributed by atoms with Crippen LogP contribution in [-0.2, 0) is 17.1 Å². The SMILES string of the molecule is CCOC(=O)c1c(Nc2ccc(C(F)(F)F)cc2)nc2ccc(F)cc2c1C(F)(F)F. The summed E-state index contributed by atoms with van der Waals surface area (Å²) >= 11 is 0. The summed E-state index contributed by atoms with van der Waals surface area (Å²) in [6, 6.07) is 5.86. The van der Waals surface area contributed by atoms with Crippen LogP contribution in [-0.4, -0.2) is 17.6 Å². The number of aromatic nitrogens is 1. The minimum Gasteiger partial charge on any atom is -0.462 e. The maximum atomic E-state index is 13.9. The first kappa shape index (κ1) is 22.3. The molecule has 0 spiro atoms. The fraction of sp³-hybridized carbons (Fsp3) is 0.200. The van der Waals surface area contributed by atoms with Gasteiger partial charge in [-0.2, -0.15) is 26.3 Å². The molecule has 0 saturated heterocycles. The Kier molecular flexibility index (Phi) is 5.79. The molecule has 0 bridgehead atoms. The second-order valence-electron chi connectivity index (χ2n) is 6.29. The number of carbonyl (C=O) groups is 1. The van der Waals surface area contributed by atoms with Gasteiger partial charge in [0.1, 0.15) is 17.2 Å². The van der Waals surface area contributed by atoms with Crippen molar-refractivity contribution in [1.29, 1.82) is 0 Å². The molecular weight excluding hydrogens is 433 g/mol. The van der Waals surface area contributed by atoms with Crippen LogP contribution in [0, 0.1) is 5.82 Å². The van der Waals surface area contributed by atoms with E-state index in [0.29, 0.717) is 18.2 Å². The second-order valence-corrected chi connectivity index (χ2v) is 6.29. The number of carbonyl (C=O) groups excluding carboxylic acids is 1. The third kappa shape index (κ3) is 4.70. The Labute approximate surface area is 170 Å². The van der Waals surface area contributed by atoms with Crippen molar-refractivity contribution in [3.63, 3.8) is 0 Å². The van der Waals surface area contributed by atoms with Gasteiger partial charge in [-0.15, -0.1) is 0 Å². The number of hydrogen-bond acceptors (Lipinski definition) is 4. The van der Waals surface area contributed by atoms with Crippen LogP contribution < -0.4 is 5.32 Å². The number of ether oxygens (including phenoxy) is 1. The molecule has 0 fully saturated rings. The van der Waals surface area contributed by atoms with Crippen LogP contribution in [0.4, 0.5) is 42.2 Å². The van der Waals surface area contributed by atoms with E-state index in [1.54, 1.807) is 0 Å². The number of halogens is 7. The molecule has 0 aliphatic carbocycles. The first-order chi connectivity index (χ1) is 14.4. The molecule has 11 heteroatoms. The summed E-state index contributed by atoms with van der Waals surface area (Å²) < 4.78 is 98.3. The van der Waals surface area contributed by atoms with Gasteiger partial charge in [0.2, 0.25) is 0 Å². The molecule has 4 nitrogen and oxygen atoms in total. The summed E-state index contributed by atoms with van der Waals surface area (Å²) in [6.45, 7) is 1.12. The minimum absolute atomic E-state index is 0.0550. The summed E-state index contributed by atoms with van der Waals surface area (Å²) in [5.74, 6) is -2.94. The van der Waals surface area contributed by atoms with E-state index in [9.17, 15) is 35.5 Å². The molecule has 164 valence electrons. The van der Waals surface area contributed by atoms with E-state index in [-0.39, 0.29) is 17.8 Å². The van der Waals surface area contributed by atoms with Gasteiger partial charge in [-0.1, -0.05) is 0 Å². The van der Waals surface area contributed by atoms with Crippen molar-refractivity contribution >= 4 is 28.4 Å². The highest BCUT2D eigenvalue weighted by atomic mass is 19.4. The van der Waals surface area contributed by atoms with Crippen molar-refractivity contribution in [2.75, 3.05) is 11.9 Å². The van der Waals surface area contributed by atoms with Crippen LogP contribution in [0.5, 0.6) is 0 Å². The molecule has 0 radical (unpaired) electrons. The Balaban J connectivity index is 2.23. The predicted octanol–water partition coefficient (Wildman–Crippen LogP) is 6.33. The number of hydrogen-bond donors (Lipinski definition) is 1. The Morgan fingerprint density at radius 3 is 2.19 bits per heavy atom. The number of pyridine rings is 1. The third-order valence-corrected chi connectivity index (χ3v) is 4.18. The van der Waals surface area contributed by atoms with Crippen molar-refractivity contribution < 1.29 is 40.3 Å². The quantitative estimate of drug-likeness (QED) is 0.376. The average molecular weight is 446 g/mol. The summed E-state index contributed by atoms with van der Waals surface area (Å²) in [4.78, 5) is 16.4. The standard InChI is InChI=1S/C20H13F7N2O2/c1-2-31-18(30)15-16(20(25,26)27)13-9-11(21)5-8-14(13)29-17(15)28-12-6-3-10(4-7-12)19(22,23)24/h3-9H,2H2,1H3,(H,28,29). The lowest BCUT2D eigenvalue weighted by Gasteiger charge is -2.19. The molecule has 0 atom stereocenters. The highest BCUT2D eigenvalue weighted by Gasteiger charge is 2.40. The summed E-state index contributed by atoms with van der Waals surface area (Å²) in [6.07, 6.45) is -9.70. The van der Waals surface area contributed by atoms with Gasteiger partial charge in [-0.3, -0.25) is 0 Å². The molecule has 3 aromatic rings. The number of rotatable bonds is 4. The molecule has 1 aromatic heterocycles. The lowest BCUT2D eigenvalue weighted by molar-refractivity contribution is -0.138. The first-order valence-corrected chi connectivity index (χ1v) is 8.73. The van der Waals surface area contributed by atoms with Crippen LogP contribution in [0.1, 0.15) is 28.4 Å². The largest absolute Gasteiger partial charge is 0.462 e. The van der Waals surface area contributed by atoms with Gasteiger partial charge in [0.25, 0.3) is 0 Å². The Hall–Kier alpha value is -3.37. The Morgan fingerprint density at radius 1 is 1.00 bits per heavy atom. The number of anilines is 2. The number of esters is 1. The molecule has 0 amide bonds. The number of nitrogens with zero attached hydrogens (tertiary/aromatic N) is 1. The topological polar surface area (TPSA) is 51.2 Å². The lowest BCUT2D eigenvalue weighted by atomic mass is 10.0. The zero-order valence-corrected chi connectivity index (χ0v) is 15.7. The van der Waals surface area contributed by atoms with Gasteiger partial charge in [-0.05, 0) is 49.4 Å². The van der Waals surface area contributed by atoms with Crippen LogP contribution in [0.25, 0.3) is 10.9 Å². The van der Waals surface area contributed by atoms with Crippen molar-refractivity contribution in [2.24, 2.45) is 0 Å². The molecule has 0 unspecified atom stereocenters. The van der Waals surface area contributed by atoms with Gasteiger partial charge in [-0.25, -0.2) is 14.2 Å². The Morgan fingerprint density at radius 2 is 1.65 bits per heavy atom. The molecule has 31 heavy (non-hydrogen) atoms. The molecule has 3 rings (SSSR count). The van der Waals surface area contributed by atoms with Crippen LogP contribution in [0.15, 0.2) is 42.5 Å². The van der Waals surface area contributed by atoms with Gasteiger partial charge in [0.15, 0.2) is 0 Å². The van der Waals surface area contributed by atoms with Gasteiger partial charge in [0, 0.05) is 11.1 Å². The molecule has 0 aliphatic rings. The number of benzene rings is 2. The van der Waals surface area contributed by atoms with Crippen molar-refractivity contribution in [3.05, 3.63) is 65.0 Å². The average Bonchev–Trinajstić information content (AvgIpc) is 2.66. The zero-order valence-electron chi connectivity index (χ0n) is 15.7. The fourth-order valence-corrected chi connectivity index (χ4v) is 2.90. The molecule has 1 N–H and O–H groups in total. The summed E-state index contributed by atoms with van der Waals surface area (Å²) in [5.41, 5.74) is -3.78. The van der Waals surface area contributed by atoms with Gasteiger partial charge < -0.3 is 10.1 Å². The number of fused-ring (bicyclic) bond motifs is 1. The van der Waals surface area contributed by atoms with Crippen molar-refractivity contribution in [1.82, 2.24) is 4.98 Å². The summed E-state index contributed by atoms with van der Waals surface area (Å²) in [7, 11) is 0. The number of alkyl halides is 6. The van der Waals surface area contributed by atoms with E-state index in [4.69, 9.17) is 4.74 Å². The number of nitrogens with one attached hydrogen (secondary N) is 1. The van der Waals surface area contributed by atoms with Crippen LogP contribution in [0.3, 0.4) is 0 Å². The maximum Gasteiger partial charge on any atom is 0.418 e. The van der Waals surface area contributed by atoms with E-state index in [1.165, 1.54) is 6.92 Å². The van der Waals surface area contributed by atoms with E-state index in [2.05, 4.69) is 10.3 Å². The van der Waals surface area contributed by atoms with Crippen LogP contribution in [0.2, 0.25) is 0 Å². The maximum absolute atomic E-state index is 13.9. The minimum atomic E-state index is -5.09. The first-order valence-electron chi connectivity index (χ1n) is 8.73. The summed E-state index contributed by atoms with van der Waals surface area (Å²) in [5, 5.41) is 1.78. The predicted molar refractivity (Wildman–Crippen MR) is 97.4 cm³/mol. The van der Waals surface area contributed by atoms with E-state index in [1.807, 2.05) is 0 Å². The molecule has 1 heterocycles. The molecular formula is C20H13F7N2O2. The van der Waals surface area contributed by atoms with Crippen molar-refractivity contribution in [3.8, 4) is 0 Å². The monoisotopic (exact) mass is 446 g/mol. The van der Waals surface area contributed by atoms with E-state index in [0.717, 1.165) is 24.3 Å². The normalized spacial score (nSPS) is 12.1. The highest BCUT2D eigenvalue weighted by molar-refractivity contribution is 6.03. The van der Waals surface area contributed by atoms with Gasteiger partial charge >= 0.3 is 18.3 Å². The van der Waals surface area contributed by atoms with Crippen LogP contribution >= 0.6 is 0 Å². The zero-order chi connectivity index (χ0) is 23.0. The Bertz CT molecular complexity index is 1120. The van der Waals surface area contributed by atoms with E-state index >= 15 is 0 Å². The molecule has 0 aliphatic heterocycles. The van der Waals surface area contributed by atoms with Crippen molar-refractivity contribution in [2.45, 2.75) is 19.3 Å². The fourth-order valence-electron chi connectivity index (χ4n) is 2.90. The van der Waals surface area contributed by atoms with E-state index < -0.39 is 52.0 Å². The molecule has 2 aromatic carbocycles. The lowest BCUT2D eigenvalue weighted by Crippen LogP contribution is -2.19. The smallest absolute Gasteiger partial charge is 0.418 e. The highest BCUT2D eigenvalue weighted by Crippen LogP contribution is 2.41. The second kappa shape index (κ2) is 8.05. The van der Waals surface area contributed by atoms with Gasteiger partial charge in [0.05, 0.1) is 23.3 Å². The molecule has 0 saturated carbocycles. The third-order valence-electron chi connectivity index (χ3n) is 4.18.